The molecule has 0 saturated carbocycles. The second-order valence-electron chi connectivity index (χ2n) is 4.31. The molecule has 7 heteroatoms. The lowest BCUT2D eigenvalue weighted by molar-refractivity contribution is 0.0696. The van der Waals surface area contributed by atoms with Gasteiger partial charge in [0.25, 0.3) is 11.8 Å². The Morgan fingerprint density at radius 2 is 1.95 bits per heavy atom. The summed E-state index contributed by atoms with van der Waals surface area (Å²) in [6, 6.07) is 6.98. The molecule has 104 valence electrons. The van der Waals surface area contributed by atoms with Crippen LogP contribution in [-0.2, 0) is 0 Å². The molecule has 0 fully saturated rings. The standard InChI is InChI=1S/C14H7ClN2O4/c15-10-4-3-7(6-9(10)14(20)21)17-12(18)8-2-1-5-16-11(8)13(17)19/h1-6H,(H,20,21). The van der Waals surface area contributed by atoms with Gasteiger partial charge in [-0.1, -0.05) is 11.6 Å². The third kappa shape index (κ3) is 1.96. The largest absolute Gasteiger partial charge is 0.478 e. The van der Waals surface area contributed by atoms with Gasteiger partial charge in [-0.3, -0.25) is 14.6 Å². The summed E-state index contributed by atoms with van der Waals surface area (Å²) in [5.74, 6) is -2.37. The van der Waals surface area contributed by atoms with Crippen molar-refractivity contribution in [3.63, 3.8) is 0 Å². The van der Waals surface area contributed by atoms with Crippen molar-refractivity contribution in [3.05, 3.63) is 58.4 Å². The number of benzene rings is 1. The zero-order valence-electron chi connectivity index (χ0n) is 10.4. The molecule has 0 radical (unpaired) electrons. The van der Waals surface area contributed by atoms with Crippen molar-refractivity contribution in [2.24, 2.45) is 0 Å². The summed E-state index contributed by atoms with van der Waals surface area (Å²) in [6.07, 6.45) is 1.41. The summed E-state index contributed by atoms with van der Waals surface area (Å²) in [4.78, 5) is 40.4. The van der Waals surface area contributed by atoms with Crippen molar-refractivity contribution in [1.29, 1.82) is 0 Å². The fourth-order valence-corrected chi connectivity index (χ4v) is 2.32. The molecule has 0 saturated heterocycles. The minimum Gasteiger partial charge on any atom is -0.478 e. The van der Waals surface area contributed by atoms with E-state index in [4.69, 9.17) is 16.7 Å². The number of aromatic carboxylic acids is 1. The van der Waals surface area contributed by atoms with Crippen LogP contribution in [0.5, 0.6) is 0 Å². The van der Waals surface area contributed by atoms with Gasteiger partial charge < -0.3 is 5.11 Å². The highest BCUT2D eigenvalue weighted by Crippen LogP contribution is 2.29. The molecular formula is C14H7ClN2O4. The summed E-state index contributed by atoms with van der Waals surface area (Å²) in [6.45, 7) is 0. The number of carbonyl (C=O) groups is 3. The maximum Gasteiger partial charge on any atom is 0.337 e. The average Bonchev–Trinajstić information content (AvgIpc) is 2.72. The van der Waals surface area contributed by atoms with E-state index in [1.807, 2.05) is 0 Å². The quantitative estimate of drug-likeness (QED) is 0.860. The molecule has 2 amide bonds. The van der Waals surface area contributed by atoms with Gasteiger partial charge in [0, 0.05) is 6.20 Å². The van der Waals surface area contributed by atoms with Gasteiger partial charge in [-0.15, -0.1) is 0 Å². The summed E-state index contributed by atoms with van der Waals surface area (Å²) >= 11 is 5.78. The molecule has 2 heterocycles. The second-order valence-corrected chi connectivity index (χ2v) is 4.72. The lowest BCUT2D eigenvalue weighted by Crippen LogP contribution is -2.29. The van der Waals surface area contributed by atoms with Crippen molar-refractivity contribution < 1.29 is 19.5 Å². The molecule has 2 aromatic rings. The number of halogens is 1. The number of carbonyl (C=O) groups excluding carboxylic acids is 2. The number of anilines is 1. The Morgan fingerprint density at radius 3 is 2.62 bits per heavy atom. The molecule has 0 atom stereocenters. The Balaban J connectivity index is 2.11. The smallest absolute Gasteiger partial charge is 0.337 e. The third-order valence-electron chi connectivity index (χ3n) is 3.09. The Morgan fingerprint density at radius 1 is 1.19 bits per heavy atom. The van der Waals surface area contributed by atoms with Gasteiger partial charge >= 0.3 is 5.97 Å². The van der Waals surface area contributed by atoms with Crippen LogP contribution in [-0.4, -0.2) is 27.9 Å². The van der Waals surface area contributed by atoms with E-state index in [-0.39, 0.29) is 27.5 Å². The fourth-order valence-electron chi connectivity index (χ4n) is 2.12. The highest BCUT2D eigenvalue weighted by atomic mass is 35.5. The van der Waals surface area contributed by atoms with E-state index in [9.17, 15) is 14.4 Å². The highest BCUT2D eigenvalue weighted by molar-refractivity contribution is 6.35. The maximum atomic E-state index is 12.3. The Labute approximate surface area is 123 Å². The molecule has 0 unspecified atom stereocenters. The number of pyridine rings is 1. The number of imide groups is 1. The second kappa shape index (κ2) is 4.68. The predicted octanol–water partition coefficient (Wildman–Crippen LogP) is 2.23. The molecular weight excluding hydrogens is 296 g/mol. The van der Waals surface area contributed by atoms with E-state index in [0.717, 1.165) is 4.90 Å². The zero-order valence-corrected chi connectivity index (χ0v) is 11.2. The highest BCUT2D eigenvalue weighted by Gasteiger charge is 2.38. The number of aromatic nitrogens is 1. The number of rotatable bonds is 2. The van der Waals surface area contributed by atoms with Crippen molar-refractivity contribution in [2.45, 2.75) is 0 Å². The molecule has 6 nitrogen and oxygen atoms in total. The SMILES string of the molecule is O=C(O)c1cc(N2C(=O)c3cccnc3C2=O)ccc1Cl. The van der Waals surface area contributed by atoms with Crippen LogP contribution in [0.3, 0.4) is 0 Å². The van der Waals surface area contributed by atoms with Gasteiger partial charge in [0.1, 0.15) is 5.69 Å². The first-order valence-corrected chi connectivity index (χ1v) is 6.25. The average molecular weight is 303 g/mol. The van der Waals surface area contributed by atoms with E-state index in [2.05, 4.69) is 4.98 Å². The van der Waals surface area contributed by atoms with Gasteiger partial charge in [0.15, 0.2) is 0 Å². The van der Waals surface area contributed by atoms with Gasteiger partial charge in [-0.25, -0.2) is 9.69 Å². The van der Waals surface area contributed by atoms with E-state index in [1.54, 1.807) is 6.07 Å². The van der Waals surface area contributed by atoms with Gasteiger partial charge in [-0.2, -0.15) is 0 Å². The molecule has 1 aromatic carbocycles. The topological polar surface area (TPSA) is 87.6 Å². The number of hydrogen-bond acceptors (Lipinski definition) is 4. The Kier molecular flexibility index (Phi) is 2.95. The van der Waals surface area contributed by atoms with Crippen molar-refractivity contribution in [1.82, 2.24) is 4.98 Å². The summed E-state index contributed by atoms with van der Waals surface area (Å²) < 4.78 is 0. The Hall–Kier alpha value is -2.73. The molecule has 0 spiro atoms. The zero-order chi connectivity index (χ0) is 15.1. The van der Waals surface area contributed by atoms with Crippen molar-refractivity contribution >= 4 is 35.1 Å². The number of carboxylic acid groups (broad SMARTS) is 1. The van der Waals surface area contributed by atoms with Crippen LogP contribution in [0.1, 0.15) is 31.2 Å². The van der Waals surface area contributed by atoms with Gasteiger partial charge in [0.2, 0.25) is 0 Å². The molecule has 1 aromatic heterocycles. The van der Waals surface area contributed by atoms with Crippen LogP contribution in [0.4, 0.5) is 5.69 Å². The lowest BCUT2D eigenvalue weighted by atomic mass is 10.2. The van der Waals surface area contributed by atoms with Crippen molar-refractivity contribution in [3.8, 4) is 0 Å². The predicted molar refractivity (Wildman–Crippen MR) is 73.8 cm³/mol. The van der Waals surface area contributed by atoms with Crippen LogP contribution in [0.15, 0.2) is 36.5 Å². The maximum absolute atomic E-state index is 12.3. The molecule has 21 heavy (non-hydrogen) atoms. The summed E-state index contributed by atoms with van der Waals surface area (Å²) in [5, 5.41) is 9.08. The van der Waals surface area contributed by atoms with E-state index >= 15 is 0 Å². The first-order chi connectivity index (χ1) is 10.0. The molecule has 0 bridgehead atoms. The van der Waals surface area contributed by atoms with E-state index in [0.29, 0.717) is 0 Å². The van der Waals surface area contributed by atoms with Crippen LogP contribution in [0.25, 0.3) is 0 Å². The van der Waals surface area contributed by atoms with Crippen LogP contribution in [0, 0.1) is 0 Å². The first-order valence-electron chi connectivity index (χ1n) is 5.87. The van der Waals surface area contributed by atoms with Crippen molar-refractivity contribution in [2.75, 3.05) is 4.90 Å². The fraction of sp³-hybridized carbons (Fsp3) is 0. The summed E-state index contributed by atoms with van der Waals surface area (Å²) in [7, 11) is 0. The molecule has 0 aliphatic carbocycles. The van der Waals surface area contributed by atoms with Gasteiger partial charge in [0.05, 0.1) is 21.8 Å². The monoisotopic (exact) mass is 302 g/mol. The molecule has 1 N–H and O–H groups in total. The van der Waals surface area contributed by atoms with Crippen LogP contribution >= 0.6 is 11.6 Å². The number of nitrogens with zero attached hydrogens (tertiary/aromatic N) is 2. The van der Waals surface area contributed by atoms with Crippen LogP contribution < -0.4 is 4.90 Å². The summed E-state index contributed by atoms with van der Waals surface area (Å²) in [5.41, 5.74) is 0.201. The molecule has 1 aliphatic rings. The Bertz CT molecular complexity index is 768. The lowest BCUT2D eigenvalue weighted by Gasteiger charge is -2.14. The number of fused-ring (bicyclic) bond motifs is 1. The molecule has 1 aliphatic heterocycles. The third-order valence-corrected chi connectivity index (χ3v) is 3.42. The number of carboxylic acids is 1. The minimum atomic E-state index is -1.24. The van der Waals surface area contributed by atoms with Gasteiger partial charge in [-0.05, 0) is 30.3 Å². The number of amides is 2. The number of hydrogen-bond donors (Lipinski definition) is 1. The van der Waals surface area contributed by atoms with Crippen LogP contribution in [0.2, 0.25) is 5.02 Å². The van der Waals surface area contributed by atoms with E-state index in [1.165, 1.54) is 30.5 Å². The van der Waals surface area contributed by atoms with E-state index < -0.39 is 17.8 Å². The normalized spacial score (nSPS) is 13.5. The molecule has 3 rings (SSSR count). The first kappa shape index (κ1) is 13.3. The minimum absolute atomic E-state index is 0.0287.